The lowest BCUT2D eigenvalue weighted by Crippen LogP contribution is -2.33. The second-order valence-corrected chi connectivity index (χ2v) is 6.40. The van der Waals surface area contributed by atoms with Crippen LogP contribution in [0.5, 0.6) is 0 Å². The average molecular weight is 205 g/mol. The first kappa shape index (κ1) is 12.7. The molecule has 0 aromatic rings. The van der Waals surface area contributed by atoms with Crippen molar-refractivity contribution in [3.05, 3.63) is 12.2 Å². The predicted octanol–water partition coefficient (Wildman–Crippen LogP) is 1.53. The van der Waals surface area contributed by atoms with Crippen LogP contribution in [0.2, 0.25) is 0 Å². The highest BCUT2D eigenvalue weighted by Crippen LogP contribution is 2.15. The normalized spacial score (nSPS) is 12.9. The fraction of sp³-hybridized carbons (Fsp3) is 0.778. The molecule has 0 saturated carbocycles. The molecule has 4 heteroatoms. The molecule has 0 fully saturated rings. The van der Waals surface area contributed by atoms with Crippen molar-refractivity contribution in [2.24, 2.45) is 5.41 Å². The highest BCUT2D eigenvalue weighted by molar-refractivity contribution is 7.89. The van der Waals surface area contributed by atoms with Crippen LogP contribution in [0.25, 0.3) is 0 Å². The molecule has 13 heavy (non-hydrogen) atoms. The standard InChI is InChI=1S/C9H19NO2S/c1-8(2)6-10-13(11,12)7-9(3,4)5/h10H,1,6-7H2,2-5H3. The van der Waals surface area contributed by atoms with Gasteiger partial charge in [0.05, 0.1) is 5.75 Å². The van der Waals surface area contributed by atoms with Gasteiger partial charge in [0.2, 0.25) is 10.0 Å². The molecule has 0 rings (SSSR count). The van der Waals surface area contributed by atoms with Crippen LogP contribution in [0, 0.1) is 5.41 Å². The third-order valence-corrected chi connectivity index (χ3v) is 3.05. The summed E-state index contributed by atoms with van der Waals surface area (Å²) < 4.78 is 25.3. The Balaban J connectivity index is 4.19. The van der Waals surface area contributed by atoms with Gasteiger partial charge in [-0.2, -0.15) is 0 Å². The largest absolute Gasteiger partial charge is 0.212 e. The molecule has 0 amide bonds. The van der Waals surface area contributed by atoms with Gasteiger partial charge in [0.25, 0.3) is 0 Å². The predicted molar refractivity (Wildman–Crippen MR) is 56.1 cm³/mol. The van der Waals surface area contributed by atoms with Gasteiger partial charge in [-0.1, -0.05) is 32.9 Å². The van der Waals surface area contributed by atoms with Gasteiger partial charge < -0.3 is 0 Å². The SMILES string of the molecule is C=C(C)CNS(=O)(=O)CC(C)(C)C. The van der Waals surface area contributed by atoms with Gasteiger partial charge in [-0.25, -0.2) is 13.1 Å². The zero-order valence-electron chi connectivity index (χ0n) is 8.85. The van der Waals surface area contributed by atoms with E-state index in [0.29, 0.717) is 6.54 Å². The monoisotopic (exact) mass is 205 g/mol. The molecule has 0 spiro atoms. The minimum Gasteiger partial charge on any atom is -0.212 e. The van der Waals surface area contributed by atoms with Crippen molar-refractivity contribution in [1.29, 1.82) is 0 Å². The van der Waals surface area contributed by atoms with E-state index in [1.807, 2.05) is 20.8 Å². The molecule has 0 aromatic carbocycles. The molecular weight excluding hydrogens is 186 g/mol. The Morgan fingerprint density at radius 1 is 1.38 bits per heavy atom. The lowest BCUT2D eigenvalue weighted by Gasteiger charge is -2.18. The Kier molecular flexibility index (Phi) is 4.13. The quantitative estimate of drug-likeness (QED) is 0.707. The van der Waals surface area contributed by atoms with E-state index in [9.17, 15) is 8.42 Å². The molecule has 3 nitrogen and oxygen atoms in total. The van der Waals surface area contributed by atoms with Crippen molar-refractivity contribution in [2.75, 3.05) is 12.3 Å². The summed E-state index contributed by atoms with van der Waals surface area (Å²) in [5.41, 5.74) is 0.610. The summed E-state index contributed by atoms with van der Waals surface area (Å²) in [6, 6.07) is 0. The fourth-order valence-corrected chi connectivity index (χ4v) is 2.56. The lowest BCUT2D eigenvalue weighted by atomic mass is 10.0. The van der Waals surface area contributed by atoms with E-state index in [1.165, 1.54) is 0 Å². The van der Waals surface area contributed by atoms with Crippen LogP contribution in [0.4, 0.5) is 0 Å². The zero-order valence-corrected chi connectivity index (χ0v) is 9.66. The maximum atomic E-state index is 11.4. The van der Waals surface area contributed by atoms with E-state index < -0.39 is 10.0 Å². The topological polar surface area (TPSA) is 46.2 Å². The minimum absolute atomic E-state index is 0.146. The van der Waals surface area contributed by atoms with Crippen molar-refractivity contribution in [2.45, 2.75) is 27.7 Å². The molecule has 0 bridgehead atoms. The molecular formula is C9H19NO2S. The third kappa shape index (κ3) is 7.99. The van der Waals surface area contributed by atoms with Gasteiger partial charge in [0.15, 0.2) is 0 Å². The van der Waals surface area contributed by atoms with Crippen molar-refractivity contribution in [1.82, 2.24) is 4.72 Å². The molecule has 0 aliphatic rings. The Morgan fingerprint density at radius 3 is 2.15 bits per heavy atom. The summed E-state index contributed by atoms with van der Waals surface area (Å²) in [6.45, 7) is 11.4. The summed E-state index contributed by atoms with van der Waals surface area (Å²) in [5, 5.41) is 0. The first-order chi connectivity index (χ1) is 5.62. The zero-order chi connectivity index (χ0) is 10.7. The van der Waals surface area contributed by atoms with E-state index >= 15 is 0 Å². The van der Waals surface area contributed by atoms with E-state index in [2.05, 4.69) is 11.3 Å². The van der Waals surface area contributed by atoms with Crippen LogP contribution in [0.3, 0.4) is 0 Å². The Bertz CT molecular complexity index is 272. The van der Waals surface area contributed by atoms with E-state index in [0.717, 1.165) is 5.57 Å². The van der Waals surface area contributed by atoms with Gasteiger partial charge in [0.1, 0.15) is 0 Å². The molecule has 0 unspecified atom stereocenters. The third-order valence-electron chi connectivity index (χ3n) is 1.22. The van der Waals surface area contributed by atoms with E-state index in [4.69, 9.17) is 0 Å². The molecule has 0 saturated heterocycles. The molecule has 0 heterocycles. The molecule has 0 atom stereocenters. The fourth-order valence-electron chi connectivity index (χ4n) is 0.854. The number of hydrogen-bond donors (Lipinski definition) is 1. The van der Waals surface area contributed by atoms with Crippen molar-refractivity contribution in [3.63, 3.8) is 0 Å². The second-order valence-electron chi connectivity index (χ2n) is 4.60. The maximum Gasteiger partial charge on any atom is 0.212 e. The van der Waals surface area contributed by atoms with Gasteiger partial charge in [-0.15, -0.1) is 0 Å². The minimum atomic E-state index is -3.15. The van der Waals surface area contributed by atoms with Crippen LogP contribution < -0.4 is 4.72 Å². The van der Waals surface area contributed by atoms with Crippen LogP contribution >= 0.6 is 0 Å². The summed E-state index contributed by atoms with van der Waals surface area (Å²) >= 11 is 0. The summed E-state index contributed by atoms with van der Waals surface area (Å²) in [5.74, 6) is 0.146. The van der Waals surface area contributed by atoms with Gasteiger partial charge in [-0.05, 0) is 12.3 Å². The van der Waals surface area contributed by atoms with Gasteiger partial charge >= 0.3 is 0 Å². The van der Waals surface area contributed by atoms with E-state index in [1.54, 1.807) is 6.92 Å². The van der Waals surface area contributed by atoms with E-state index in [-0.39, 0.29) is 11.2 Å². The maximum absolute atomic E-state index is 11.4. The van der Waals surface area contributed by atoms with Gasteiger partial charge in [0, 0.05) is 6.54 Å². The molecule has 78 valence electrons. The molecule has 0 aromatic heterocycles. The van der Waals surface area contributed by atoms with Crippen LogP contribution in [0.15, 0.2) is 12.2 Å². The molecule has 0 aliphatic carbocycles. The number of nitrogens with one attached hydrogen (secondary N) is 1. The highest BCUT2D eigenvalue weighted by atomic mass is 32.2. The highest BCUT2D eigenvalue weighted by Gasteiger charge is 2.20. The number of hydrogen-bond acceptors (Lipinski definition) is 2. The van der Waals surface area contributed by atoms with Crippen LogP contribution in [-0.4, -0.2) is 20.7 Å². The second kappa shape index (κ2) is 4.24. The Hall–Kier alpha value is -0.350. The molecule has 1 N–H and O–H groups in total. The lowest BCUT2D eigenvalue weighted by molar-refractivity contribution is 0.458. The first-order valence-electron chi connectivity index (χ1n) is 4.24. The summed E-state index contributed by atoms with van der Waals surface area (Å²) in [6.07, 6.45) is 0. The van der Waals surface area contributed by atoms with Gasteiger partial charge in [-0.3, -0.25) is 0 Å². The number of rotatable bonds is 4. The Morgan fingerprint density at radius 2 is 1.85 bits per heavy atom. The average Bonchev–Trinajstić information content (AvgIpc) is 1.78. The Labute approximate surface area is 81.3 Å². The van der Waals surface area contributed by atoms with Crippen molar-refractivity contribution >= 4 is 10.0 Å². The smallest absolute Gasteiger partial charge is 0.212 e. The van der Waals surface area contributed by atoms with Crippen LogP contribution in [0.1, 0.15) is 27.7 Å². The summed E-state index contributed by atoms with van der Waals surface area (Å²) in [4.78, 5) is 0. The number of sulfonamides is 1. The van der Waals surface area contributed by atoms with Crippen LogP contribution in [-0.2, 0) is 10.0 Å². The molecule has 0 radical (unpaired) electrons. The summed E-state index contributed by atoms with van der Waals surface area (Å²) in [7, 11) is -3.15. The van der Waals surface area contributed by atoms with Crippen molar-refractivity contribution < 1.29 is 8.42 Å². The molecule has 0 aliphatic heterocycles. The first-order valence-corrected chi connectivity index (χ1v) is 5.89. The van der Waals surface area contributed by atoms with Crippen molar-refractivity contribution in [3.8, 4) is 0 Å².